The molecular formula is C12H18NO4P. The number of carboxylic acid groups (broad SMARTS) is 1. The van der Waals surface area contributed by atoms with Crippen LogP contribution in [0.2, 0.25) is 0 Å². The van der Waals surface area contributed by atoms with E-state index < -0.39 is 19.4 Å². The molecular weight excluding hydrogens is 253 g/mol. The van der Waals surface area contributed by atoms with E-state index in [1.165, 1.54) is 0 Å². The number of hydrogen-bond donors (Lipinski definition) is 2. The molecule has 5 nitrogen and oxygen atoms in total. The quantitative estimate of drug-likeness (QED) is 0.636. The summed E-state index contributed by atoms with van der Waals surface area (Å²) >= 11 is 0. The van der Waals surface area contributed by atoms with Crippen molar-refractivity contribution in [3.63, 3.8) is 0 Å². The Balaban J connectivity index is 2.40. The van der Waals surface area contributed by atoms with Crippen LogP contribution in [0.4, 0.5) is 0 Å². The summed E-state index contributed by atoms with van der Waals surface area (Å²) in [6.45, 7) is 0. The fourth-order valence-corrected chi connectivity index (χ4v) is 3.08. The van der Waals surface area contributed by atoms with Gasteiger partial charge in [0.15, 0.2) is 0 Å². The zero-order chi connectivity index (χ0) is 13.6. The number of quaternary nitrogens is 1. The first-order chi connectivity index (χ1) is 8.41. The van der Waals surface area contributed by atoms with Crippen LogP contribution in [-0.2, 0) is 15.8 Å². The largest absolute Gasteiger partial charge is 0.544 e. The summed E-state index contributed by atoms with van der Waals surface area (Å²) in [5.74, 6) is -1.28. The maximum absolute atomic E-state index is 11.8. The van der Waals surface area contributed by atoms with Crippen LogP contribution in [0.15, 0.2) is 30.3 Å². The molecule has 6 heteroatoms. The molecule has 0 radical (unpaired) electrons. The van der Waals surface area contributed by atoms with Gasteiger partial charge in [-0.2, -0.15) is 0 Å². The van der Waals surface area contributed by atoms with E-state index in [0.717, 1.165) is 5.56 Å². The Labute approximate surface area is 106 Å². The Kier molecular flexibility index (Phi) is 5.54. The maximum Gasteiger partial charge on any atom is 0.201 e. The Morgan fingerprint density at radius 3 is 2.50 bits per heavy atom. The molecule has 0 saturated heterocycles. The van der Waals surface area contributed by atoms with Crippen LogP contribution >= 0.6 is 7.37 Å². The predicted molar refractivity (Wildman–Crippen MR) is 66.0 cm³/mol. The minimum atomic E-state index is -3.28. The number of hydrogen-bond acceptors (Lipinski definition) is 3. The Morgan fingerprint density at radius 1 is 1.33 bits per heavy atom. The first kappa shape index (κ1) is 14.9. The standard InChI is InChI=1S/C12H18NO4P/c13-11(12(14)15)7-9-18(16,17)8-6-10-4-2-1-3-5-10/h1-5,11H,6-9,13H2,(H,14,15)(H,16,17)/t11-/m0/s1. The van der Waals surface area contributed by atoms with Gasteiger partial charge in [0, 0.05) is 18.7 Å². The first-order valence-corrected chi connectivity index (χ1v) is 7.82. The van der Waals surface area contributed by atoms with Gasteiger partial charge >= 0.3 is 0 Å². The number of aryl methyl sites for hydroxylation is 1. The highest BCUT2D eigenvalue weighted by atomic mass is 31.2. The topological polar surface area (TPSA) is 105 Å². The molecule has 0 aromatic heterocycles. The van der Waals surface area contributed by atoms with Gasteiger partial charge in [-0.3, -0.25) is 4.57 Å². The fraction of sp³-hybridized carbons (Fsp3) is 0.417. The zero-order valence-corrected chi connectivity index (χ0v) is 11.0. The second-order valence-electron chi connectivity index (χ2n) is 4.33. The van der Waals surface area contributed by atoms with Crippen LogP contribution in [0.5, 0.6) is 0 Å². The predicted octanol–water partition coefficient (Wildman–Crippen LogP) is -0.750. The molecule has 1 rings (SSSR count). The van der Waals surface area contributed by atoms with E-state index >= 15 is 0 Å². The summed E-state index contributed by atoms with van der Waals surface area (Å²) in [5.41, 5.74) is 4.36. The van der Waals surface area contributed by atoms with Gasteiger partial charge < -0.3 is 20.5 Å². The third-order valence-electron chi connectivity index (χ3n) is 2.75. The van der Waals surface area contributed by atoms with E-state index in [4.69, 9.17) is 0 Å². The molecule has 0 heterocycles. The van der Waals surface area contributed by atoms with Crippen molar-refractivity contribution in [2.24, 2.45) is 0 Å². The zero-order valence-electron chi connectivity index (χ0n) is 10.1. The summed E-state index contributed by atoms with van der Waals surface area (Å²) in [4.78, 5) is 20.2. The van der Waals surface area contributed by atoms with Gasteiger partial charge in [-0.05, 0) is 12.0 Å². The minimum Gasteiger partial charge on any atom is -0.544 e. The van der Waals surface area contributed by atoms with Crippen molar-refractivity contribution in [3.05, 3.63) is 35.9 Å². The van der Waals surface area contributed by atoms with Gasteiger partial charge in [-0.15, -0.1) is 0 Å². The van der Waals surface area contributed by atoms with Crippen LogP contribution < -0.4 is 10.8 Å². The normalized spacial score (nSPS) is 15.9. The summed E-state index contributed by atoms with van der Waals surface area (Å²) in [5, 5.41) is 10.5. The van der Waals surface area contributed by atoms with E-state index in [2.05, 4.69) is 5.73 Å². The minimum absolute atomic E-state index is 0.0258. The van der Waals surface area contributed by atoms with Gasteiger partial charge in [0.05, 0.1) is 5.97 Å². The number of aliphatic carboxylic acids is 1. The lowest BCUT2D eigenvalue weighted by Crippen LogP contribution is -2.68. The van der Waals surface area contributed by atoms with E-state index in [0.29, 0.717) is 6.42 Å². The number of rotatable bonds is 7. The number of carboxylic acids is 1. The molecule has 4 N–H and O–H groups in total. The summed E-state index contributed by atoms with van der Waals surface area (Å²) < 4.78 is 11.8. The molecule has 0 fully saturated rings. The molecule has 0 spiro atoms. The van der Waals surface area contributed by atoms with Gasteiger partial charge in [-0.1, -0.05) is 30.3 Å². The third kappa shape index (κ3) is 5.45. The third-order valence-corrected chi connectivity index (χ3v) is 4.63. The monoisotopic (exact) mass is 271 g/mol. The Morgan fingerprint density at radius 2 is 1.94 bits per heavy atom. The lowest BCUT2D eigenvalue weighted by atomic mass is 10.2. The lowest BCUT2D eigenvalue weighted by molar-refractivity contribution is -0.437. The average Bonchev–Trinajstić information content (AvgIpc) is 2.35. The van der Waals surface area contributed by atoms with Gasteiger partial charge in [0.2, 0.25) is 7.37 Å². The number of carbonyl (C=O) groups excluding carboxylic acids is 1. The smallest absolute Gasteiger partial charge is 0.201 e. The molecule has 2 atom stereocenters. The average molecular weight is 271 g/mol. The van der Waals surface area contributed by atoms with Crippen molar-refractivity contribution < 1.29 is 25.1 Å². The molecule has 0 aliphatic rings. The number of carbonyl (C=O) groups is 1. The second kappa shape index (κ2) is 6.69. The SMILES string of the molecule is [NH3+][C@@H](CCP(=O)(O)CCc1ccccc1)C(=O)[O-]. The van der Waals surface area contributed by atoms with E-state index in [1.54, 1.807) is 0 Å². The van der Waals surface area contributed by atoms with Crippen molar-refractivity contribution in [2.75, 3.05) is 12.3 Å². The van der Waals surface area contributed by atoms with Crippen LogP contribution in [0.1, 0.15) is 12.0 Å². The molecule has 1 aromatic rings. The van der Waals surface area contributed by atoms with Crippen molar-refractivity contribution in [1.29, 1.82) is 0 Å². The molecule has 0 amide bonds. The van der Waals surface area contributed by atoms with Crippen LogP contribution in [0.25, 0.3) is 0 Å². The molecule has 0 aliphatic carbocycles. The molecule has 18 heavy (non-hydrogen) atoms. The highest BCUT2D eigenvalue weighted by Crippen LogP contribution is 2.41. The van der Waals surface area contributed by atoms with Crippen LogP contribution in [-0.4, -0.2) is 29.2 Å². The van der Waals surface area contributed by atoms with Crippen LogP contribution in [0, 0.1) is 0 Å². The van der Waals surface area contributed by atoms with Gasteiger partial charge in [0.25, 0.3) is 0 Å². The van der Waals surface area contributed by atoms with Crippen LogP contribution in [0.3, 0.4) is 0 Å². The van der Waals surface area contributed by atoms with Crippen molar-refractivity contribution >= 4 is 13.3 Å². The van der Waals surface area contributed by atoms with Crippen molar-refractivity contribution in [3.8, 4) is 0 Å². The molecule has 1 aromatic carbocycles. The van der Waals surface area contributed by atoms with Gasteiger partial charge in [0.1, 0.15) is 6.04 Å². The highest BCUT2D eigenvalue weighted by Gasteiger charge is 2.20. The number of benzene rings is 1. The summed E-state index contributed by atoms with van der Waals surface area (Å²) in [6.07, 6.45) is 0.728. The molecule has 100 valence electrons. The second-order valence-corrected chi connectivity index (χ2v) is 6.92. The first-order valence-electron chi connectivity index (χ1n) is 5.79. The maximum atomic E-state index is 11.8. The fourth-order valence-electron chi connectivity index (χ4n) is 1.54. The van der Waals surface area contributed by atoms with Gasteiger partial charge in [-0.25, -0.2) is 0 Å². The van der Waals surface area contributed by atoms with Crippen molar-refractivity contribution in [1.82, 2.24) is 0 Å². The molecule has 1 unspecified atom stereocenters. The van der Waals surface area contributed by atoms with Crippen molar-refractivity contribution in [2.45, 2.75) is 18.9 Å². The molecule has 0 aliphatic heterocycles. The Hall–Kier alpha value is -1.16. The highest BCUT2D eigenvalue weighted by molar-refractivity contribution is 7.57. The lowest BCUT2D eigenvalue weighted by Gasteiger charge is -2.14. The molecule has 0 bridgehead atoms. The van der Waals surface area contributed by atoms with E-state index in [-0.39, 0.29) is 18.7 Å². The summed E-state index contributed by atoms with van der Waals surface area (Å²) in [6, 6.07) is 8.49. The molecule has 0 saturated carbocycles. The van der Waals surface area contributed by atoms with E-state index in [9.17, 15) is 19.4 Å². The van der Waals surface area contributed by atoms with E-state index in [1.807, 2.05) is 30.3 Å². The Bertz CT molecular complexity index is 435. The summed E-state index contributed by atoms with van der Waals surface area (Å²) in [7, 11) is -3.28.